The maximum absolute atomic E-state index is 12.3. The summed E-state index contributed by atoms with van der Waals surface area (Å²) in [6.07, 6.45) is -1.90. The molecule has 1 heterocycles. The van der Waals surface area contributed by atoms with Gasteiger partial charge < -0.3 is 0 Å². The summed E-state index contributed by atoms with van der Waals surface area (Å²) < 4.78 is 25.7. The summed E-state index contributed by atoms with van der Waals surface area (Å²) in [6.45, 7) is 3.40. The average Bonchev–Trinajstić information content (AvgIpc) is 2.47. The van der Waals surface area contributed by atoms with Crippen molar-refractivity contribution in [1.82, 2.24) is 9.78 Å². The third-order valence-electron chi connectivity index (χ3n) is 1.67. The van der Waals surface area contributed by atoms with Crippen LogP contribution in [0.1, 0.15) is 32.0 Å². The number of halogens is 2. The van der Waals surface area contributed by atoms with Gasteiger partial charge in [-0.1, -0.05) is 0 Å². The van der Waals surface area contributed by atoms with Crippen LogP contribution in [0.25, 0.3) is 0 Å². The van der Waals surface area contributed by atoms with Gasteiger partial charge in [0.2, 0.25) is 5.69 Å². The molecule has 0 bridgehead atoms. The Labute approximate surface area is 78.5 Å². The first kappa shape index (κ1) is 10.6. The Morgan fingerprint density at radius 1 is 1.57 bits per heavy atom. The first-order valence-electron chi connectivity index (χ1n) is 3.95. The molecule has 0 N–H and O–H groups in total. The smallest absolute Gasteiger partial charge is 0.263 e. The Balaban J connectivity index is 3.19. The third-order valence-corrected chi connectivity index (χ3v) is 1.67. The van der Waals surface area contributed by atoms with Gasteiger partial charge in [0.05, 0.1) is 4.92 Å². The van der Waals surface area contributed by atoms with E-state index >= 15 is 0 Å². The summed E-state index contributed by atoms with van der Waals surface area (Å²) in [7, 11) is 0. The monoisotopic (exact) mass is 205 g/mol. The fraction of sp³-hybridized carbons (Fsp3) is 0.571. The molecule has 14 heavy (non-hydrogen) atoms. The summed E-state index contributed by atoms with van der Waals surface area (Å²) in [6, 6.07) is -0.179. The molecule has 0 spiro atoms. The highest BCUT2D eigenvalue weighted by Gasteiger charge is 2.27. The highest BCUT2D eigenvalue weighted by Crippen LogP contribution is 2.28. The molecular weight excluding hydrogens is 196 g/mol. The van der Waals surface area contributed by atoms with Crippen molar-refractivity contribution in [2.45, 2.75) is 26.3 Å². The van der Waals surface area contributed by atoms with E-state index in [1.54, 1.807) is 13.8 Å². The molecule has 0 aliphatic heterocycles. The van der Waals surface area contributed by atoms with Crippen LogP contribution in [-0.4, -0.2) is 14.7 Å². The normalized spacial score (nSPS) is 11.3. The fourth-order valence-corrected chi connectivity index (χ4v) is 0.957. The Morgan fingerprint density at radius 3 is 2.43 bits per heavy atom. The van der Waals surface area contributed by atoms with Crippen molar-refractivity contribution in [3.05, 3.63) is 22.0 Å². The van der Waals surface area contributed by atoms with Gasteiger partial charge in [-0.15, -0.1) is 0 Å². The fourth-order valence-electron chi connectivity index (χ4n) is 0.957. The van der Waals surface area contributed by atoms with Gasteiger partial charge in [-0.2, -0.15) is 5.10 Å². The van der Waals surface area contributed by atoms with E-state index in [4.69, 9.17) is 0 Å². The topological polar surface area (TPSA) is 61.0 Å². The average molecular weight is 205 g/mol. The molecule has 0 radical (unpaired) electrons. The lowest BCUT2D eigenvalue weighted by atomic mass is 10.4. The lowest BCUT2D eigenvalue weighted by Crippen LogP contribution is -2.01. The lowest BCUT2D eigenvalue weighted by Gasteiger charge is -2.02. The van der Waals surface area contributed by atoms with Gasteiger partial charge in [0.1, 0.15) is 6.20 Å². The second-order valence-electron chi connectivity index (χ2n) is 3.03. The molecular formula is C7H9F2N3O2. The number of rotatable bonds is 3. The van der Waals surface area contributed by atoms with Gasteiger partial charge >= 0.3 is 5.69 Å². The quantitative estimate of drug-likeness (QED) is 0.561. The first-order chi connectivity index (χ1) is 6.43. The van der Waals surface area contributed by atoms with Crippen molar-refractivity contribution in [1.29, 1.82) is 0 Å². The summed E-state index contributed by atoms with van der Waals surface area (Å²) in [4.78, 5) is 9.53. The number of alkyl halides is 2. The molecule has 0 aliphatic carbocycles. The van der Waals surface area contributed by atoms with E-state index in [2.05, 4.69) is 5.10 Å². The van der Waals surface area contributed by atoms with Crippen LogP contribution in [0.3, 0.4) is 0 Å². The summed E-state index contributed by atoms with van der Waals surface area (Å²) in [5, 5.41) is 13.8. The summed E-state index contributed by atoms with van der Waals surface area (Å²) >= 11 is 0. The van der Waals surface area contributed by atoms with Crippen molar-refractivity contribution in [3.63, 3.8) is 0 Å². The van der Waals surface area contributed by atoms with Gasteiger partial charge in [-0.3, -0.25) is 14.8 Å². The molecule has 0 amide bonds. The van der Waals surface area contributed by atoms with Gasteiger partial charge in [0, 0.05) is 6.04 Å². The minimum atomic E-state index is -2.92. The molecule has 7 heteroatoms. The SMILES string of the molecule is CC(C)n1cc([N+](=O)[O-])c(C(F)F)n1. The first-order valence-corrected chi connectivity index (χ1v) is 3.95. The van der Waals surface area contributed by atoms with Gasteiger partial charge in [-0.25, -0.2) is 8.78 Å². The van der Waals surface area contributed by atoms with Gasteiger partial charge in [0.15, 0.2) is 0 Å². The second-order valence-corrected chi connectivity index (χ2v) is 3.03. The van der Waals surface area contributed by atoms with Crippen LogP contribution in [0.2, 0.25) is 0 Å². The molecule has 0 unspecified atom stereocenters. The van der Waals surface area contributed by atoms with Crippen LogP contribution >= 0.6 is 0 Å². The van der Waals surface area contributed by atoms with Crippen LogP contribution in [-0.2, 0) is 0 Å². The molecule has 1 rings (SSSR count). The van der Waals surface area contributed by atoms with Crippen LogP contribution in [0.5, 0.6) is 0 Å². The van der Waals surface area contributed by atoms with E-state index in [-0.39, 0.29) is 6.04 Å². The predicted molar refractivity (Wildman–Crippen MR) is 44.2 cm³/mol. The van der Waals surface area contributed by atoms with Crippen molar-refractivity contribution in [2.24, 2.45) is 0 Å². The molecule has 1 aromatic rings. The van der Waals surface area contributed by atoms with E-state index in [9.17, 15) is 18.9 Å². The zero-order valence-electron chi connectivity index (χ0n) is 7.65. The van der Waals surface area contributed by atoms with Crippen molar-refractivity contribution in [3.8, 4) is 0 Å². The van der Waals surface area contributed by atoms with Gasteiger partial charge in [-0.05, 0) is 13.8 Å². The maximum atomic E-state index is 12.3. The van der Waals surface area contributed by atoms with E-state index in [1.807, 2.05) is 0 Å². The third kappa shape index (κ3) is 1.86. The summed E-state index contributed by atoms with van der Waals surface area (Å²) in [5.41, 5.74) is -1.41. The molecule has 1 aromatic heterocycles. The van der Waals surface area contributed by atoms with Crippen molar-refractivity contribution >= 4 is 5.69 Å². The number of nitrogens with zero attached hydrogens (tertiary/aromatic N) is 3. The van der Waals surface area contributed by atoms with Crippen molar-refractivity contribution < 1.29 is 13.7 Å². The Kier molecular flexibility index (Phi) is 2.78. The molecule has 0 atom stereocenters. The van der Waals surface area contributed by atoms with Crippen LogP contribution in [0, 0.1) is 10.1 Å². The number of aromatic nitrogens is 2. The second kappa shape index (κ2) is 3.69. The Morgan fingerprint density at radius 2 is 2.14 bits per heavy atom. The van der Waals surface area contributed by atoms with E-state index < -0.39 is 22.7 Å². The highest BCUT2D eigenvalue weighted by molar-refractivity contribution is 5.33. The zero-order chi connectivity index (χ0) is 10.9. The molecule has 5 nitrogen and oxygen atoms in total. The number of hydrogen-bond donors (Lipinski definition) is 0. The molecule has 0 aliphatic rings. The largest absolute Gasteiger partial charge is 0.316 e. The van der Waals surface area contributed by atoms with Crippen LogP contribution in [0.15, 0.2) is 6.20 Å². The number of hydrogen-bond acceptors (Lipinski definition) is 3. The lowest BCUT2D eigenvalue weighted by molar-refractivity contribution is -0.386. The van der Waals surface area contributed by atoms with Crippen LogP contribution < -0.4 is 0 Å². The minimum absolute atomic E-state index is 0.179. The summed E-state index contributed by atoms with van der Waals surface area (Å²) in [5.74, 6) is 0. The zero-order valence-corrected chi connectivity index (χ0v) is 7.65. The van der Waals surface area contributed by atoms with E-state index in [1.165, 1.54) is 0 Å². The predicted octanol–water partition coefficient (Wildman–Crippen LogP) is 2.31. The van der Waals surface area contributed by atoms with Gasteiger partial charge in [0.25, 0.3) is 6.43 Å². The molecule has 78 valence electrons. The molecule has 0 saturated carbocycles. The molecule has 0 aromatic carbocycles. The van der Waals surface area contributed by atoms with Crippen LogP contribution in [0.4, 0.5) is 14.5 Å². The highest BCUT2D eigenvalue weighted by atomic mass is 19.3. The maximum Gasteiger partial charge on any atom is 0.316 e. The number of nitro groups is 1. The van der Waals surface area contributed by atoms with Crippen molar-refractivity contribution in [2.75, 3.05) is 0 Å². The standard InChI is InChI=1S/C7H9F2N3O2/c1-4(2)11-3-5(12(13)14)6(10-11)7(8)9/h3-4,7H,1-2H3. The Bertz CT molecular complexity index is 349. The minimum Gasteiger partial charge on any atom is -0.263 e. The molecule has 0 saturated heterocycles. The Hall–Kier alpha value is -1.53. The van der Waals surface area contributed by atoms with E-state index in [0.29, 0.717) is 0 Å². The van der Waals surface area contributed by atoms with E-state index in [0.717, 1.165) is 10.9 Å². The molecule has 0 fully saturated rings.